The third-order valence-electron chi connectivity index (χ3n) is 4.38. The number of rotatable bonds is 6. The first-order chi connectivity index (χ1) is 14.4. The van der Waals surface area contributed by atoms with Gasteiger partial charge in [-0.25, -0.2) is 9.78 Å². The van der Waals surface area contributed by atoms with Crippen LogP contribution in [0.15, 0.2) is 38.4 Å². The van der Waals surface area contributed by atoms with Crippen molar-refractivity contribution in [1.29, 1.82) is 0 Å². The number of aromatic amines is 2. The lowest BCUT2D eigenvalue weighted by atomic mass is 10.2. The highest BCUT2D eigenvalue weighted by atomic mass is 35.5. The number of H-pyrrole nitrogens is 2. The monoisotopic (exact) mass is 429 g/mol. The molecule has 0 spiro atoms. The molecule has 0 aliphatic carbocycles. The molecule has 30 heavy (non-hydrogen) atoms. The van der Waals surface area contributed by atoms with Crippen LogP contribution in [0.25, 0.3) is 22.6 Å². The Morgan fingerprint density at radius 1 is 1.27 bits per heavy atom. The van der Waals surface area contributed by atoms with Gasteiger partial charge < -0.3 is 14.8 Å². The number of nitrogens with zero attached hydrogens (tertiary/aromatic N) is 4. The summed E-state index contributed by atoms with van der Waals surface area (Å²) in [6.45, 7) is 0.0701. The summed E-state index contributed by atoms with van der Waals surface area (Å²) < 4.78 is 6.37. The molecular weight excluding hydrogens is 414 g/mol. The molecule has 0 bridgehead atoms. The number of carbonyl (C=O) groups excluding carboxylic acids is 1. The van der Waals surface area contributed by atoms with Gasteiger partial charge in [0.1, 0.15) is 11.3 Å². The van der Waals surface area contributed by atoms with E-state index in [1.54, 1.807) is 24.3 Å². The van der Waals surface area contributed by atoms with E-state index in [1.807, 2.05) is 0 Å². The third kappa shape index (κ3) is 4.01. The van der Waals surface area contributed by atoms with Crippen LogP contribution in [-0.4, -0.2) is 35.6 Å². The van der Waals surface area contributed by atoms with Crippen LogP contribution in [-0.2, 0) is 24.8 Å². The maximum Gasteiger partial charge on any atom is 0.329 e. The maximum atomic E-state index is 12.1. The zero-order valence-electron chi connectivity index (χ0n) is 15.7. The number of hydrogen-bond donors (Lipinski definition) is 3. The predicted octanol–water partition coefficient (Wildman–Crippen LogP) is 0.902. The summed E-state index contributed by atoms with van der Waals surface area (Å²) in [5.41, 5.74) is 0.0202. The number of hydrogen-bond acceptors (Lipinski definition) is 7. The molecule has 4 aromatic rings. The summed E-state index contributed by atoms with van der Waals surface area (Å²) in [5.74, 6) is 0.789. The third-order valence-corrected chi connectivity index (χ3v) is 4.62. The lowest BCUT2D eigenvalue weighted by Crippen LogP contribution is -2.28. The van der Waals surface area contributed by atoms with Crippen molar-refractivity contribution in [3.05, 3.63) is 61.8 Å². The standard InChI is InChI=1S/C18H16ClN7O4/c1-26-16-14(17(28)24-18(26)29)21-11(22-16)5-6-12(27)20-8-13-23-15(25-30-13)9-3-2-4-10(19)7-9/h2-4,7H,5-6,8H2,1H3,(H,20,27)(H,21,22)(H,24,28,29). The van der Waals surface area contributed by atoms with Crippen molar-refractivity contribution >= 4 is 28.7 Å². The molecule has 12 heteroatoms. The second kappa shape index (κ2) is 7.95. The summed E-state index contributed by atoms with van der Waals surface area (Å²) >= 11 is 5.95. The molecule has 1 amide bonds. The molecule has 0 aliphatic rings. The minimum absolute atomic E-state index is 0.0701. The highest BCUT2D eigenvalue weighted by Crippen LogP contribution is 2.19. The van der Waals surface area contributed by atoms with Crippen LogP contribution in [0.4, 0.5) is 0 Å². The molecule has 3 aromatic heterocycles. The highest BCUT2D eigenvalue weighted by molar-refractivity contribution is 6.30. The first-order valence-electron chi connectivity index (χ1n) is 8.94. The van der Waals surface area contributed by atoms with E-state index in [0.717, 1.165) is 0 Å². The van der Waals surface area contributed by atoms with E-state index in [2.05, 4.69) is 30.4 Å². The van der Waals surface area contributed by atoms with Crippen molar-refractivity contribution in [3.63, 3.8) is 0 Å². The van der Waals surface area contributed by atoms with E-state index in [1.165, 1.54) is 11.6 Å². The summed E-state index contributed by atoms with van der Waals surface area (Å²) in [6, 6.07) is 7.03. The molecule has 0 radical (unpaired) electrons. The van der Waals surface area contributed by atoms with E-state index in [0.29, 0.717) is 22.2 Å². The molecule has 11 nitrogen and oxygen atoms in total. The van der Waals surface area contributed by atoms with E-state index >= 15 is 0 Å². The molecule has 0 saturated heterocycles. The molecule has 4 rings (SSSR count). The van der Waals surface area contributed by atoms with Crippen LogP contribution >= 0.6 is 11.6 Å². The lowest BCUT2D eigenvalue weighted by molar-refractivity contribution is -0.121. The Labute approximate surface area is 173 Å². The second-order valence-electron chi connectivity index (χ2n) is 6.50. The normalized spacial score (nSPS) is 11.1. The molecule has 0 saturated carbocycles. The summed E-state index contributed by atoms with van der Waals surface area (Å²) in [6.07, 6.45) is 0.368. The quantitative estimate of drug-likeness (QED) is 0.411. The molecule has 0 atom stereocenters. The van der Waals surface area contributed by atoms with Crippen LogP contribution in [0.3, 0.4) is 0 Å². The van der Waals surface area contributed by atoms with E-state index in [4.69, 9.17) is 16.1 Å². The number of fused-ring (bicyclic) bond motifs is 1. The van der Waals surface area contributed by atoms with Gasteiger partial charge in [0.25, 0.3) is 5.56 Å². The summed E-state index contributed by atoms with van der Waals surface area (Å²) in [7, 11) is 1.50. The first kappa shape index (κ1) is 19.6. The number of amides is 1. The number of aromatic nitrogens is 6. The van der Waals surface area contributed by atoms with Crippen molar-refractivity contribution in [2.45, 2.75) is 19.4 Å². The van der Waals surface area contributed by atoms with Gasteiger partial charge in [-0.1, -0.05) is 28.9 Å². The number of aryl methyl sites for hydroxylation is 2. The van der Waals surface area contributed by atoms with Crippen LogP contribution in [0, 0.1) is 0 Å². The Bertz CT molecular complexity index is 1350. The van der Waals surface area contributed by atoms with Crippen LogP contribution < -0.4 is 16.6 Å². The van der Waals surface area contributed by atoms with Gasteiger partial charge in [0.05, 0.1) is 6.54 Å². The average Bonchev–Trinajstić information content (AvgIpc) is 3.37. The van der Waals surface area contributed by atoms with Gasteiger partial charge in [0, 0.05) is 30.5 Å². The van der Waals surface area contributed by atoms with E-state index < -0.39 is 11.2 Å². The topological polar surface area (TPSA) is 152 Å². The van der Waals surface area contributed by atoms with Crippen molar-refractivity contribution in [2.75, 3.05) is 0 Å². The van der Waals surface area contributed by atoms with Gasteiger partial charge in [-0.3, -0.25) is 19.1 Å². The zero-order valence-corrected chi connectivity index (χ0v) is 16.5. The van der Waals surface area contributed by atoms with Gasteiger partial charge >= 0.3 is 5.69 Å². The molecule has 0 fully saturated rings. The molecule has 1 aromatic carbocycles. The number of benzene rings is 1. The number of imidazole rings is 1. The first-order valence-corrected chi connectivity index (χ1v) is 9.31. The van der Waals surface area contributed by atoms with Crippen molar-refractivity contribution in [3.8, 4) is 11.4 Å². The van der Waals surface area contributed by atoms with Gasteiger partial charge in [-0.2, -0.15) is 4.98 Å². The highest BCUT2D eigenvalue weighted by Gasteiger charge is 2.13. The minimum Gasteiger partial charge on any atom is -0.347 e. The fourth-order valence-electron chi connectivity index (χ4n) is 2.84. The zero-order chi connectivity index (χ0) is 21.3. The van der Waals surface area contributed by atoms with Gasteiger partial charge in [-0.05, 0) is 12.1 Å². The van der Waals surface area contributed by atoms with Gasteiger partial charge in [0.2, 0.25) is 17.6 Å². The molecule has 3 N–H and O–H groups in total. The predicted molar refractivity (Wildman–Crippen MR) is 107 cm³/mol. The molecule has 3 heterocycles. The molecule has 154 valence electrons. The molecule has 0 aliphatic heterocycles. The smallest absolute Gasteiger partial charge is 0.329 e. The summed E-state index contributed by atoms with van der Waals surface area (Å²) in [5, 5.41) is 7.12. The largest absolute Gasteiger partial charge is 0.347 e. The SMILES string of the molecule is Cn1c(=O)[nH]c(=O)c2[nH]c(CCC(=O)NCc3nc(-c4cccc(Cl)c4)no3)nc21. The Balaban J connectivity index is 1.35. The second-order valence-corrected chi connectivity index (χ2v) is 6.94. The van der Waals surface area contributed by atoms with Crippen LogP contribution in [0.2, 0.25) is 5.02 Å². The van der Waals surface area contributed by atoms with E-state index in [-0.39, 0.29) is 42.3 Å². The number of nitrogens with one attached hydrogen (secondary N) is 3. The molecular formula is C18H16ClN7O4. The minimum atomic E-state index is -0.556. The fraction of sp³-hybridized carbons (Fsp3) is 0.222. The number of carbonyl (C=O) groups is 1. The Morgan fingerprint density at radius 2 is 2.10 bits per heavy atom. The Morgan fingerprint density at radius 3 is 2.90 bits per heavy atom. The van der Waals surface area contributed by atoms with Crippen LogP contribution in [0.1, 0.15) is 18.1 Å². The van der Waals surface area contributed by atoms with Crippen molar-refractivity contribution < 1.29 is 9.32 Å². The lowest BCUT2D eigenvalue weighted by Gasteiger charge is -2.00. The van der Waals surface area contributed by atoms with Crippen molar-refractivity contribution in [2.24, 2.45) is 7.05 Å². The Hall–Kier alpha value is -3.73. The Kier molecular flexibility index (Phi) is 5.19. The van der Waals surface area contributed by atoms with Gasteiger partial charge in [-0.15, -0.1) is 0 Å². The van der Waals surface area contributed by atoms with Crippen LogP contribution in [0.5, 0.6) is 0 Å². The maximum absolute atomic E-state index is 12.1. The fourth-order valence-corrected chi connectivity index (χ4v) is 3.03. The summed E-state index contributed by atoms with van der Waals surface area (Å²) in [4.78, 5) is 49.1. The van der Waals surface area contributed by atoms with Crippen molar-refractivity contribution in [1.82, 2.24) is 35.0 Å². The number of halogens is 1. The van der Waals surface area contributed by atoms with E-state index in [9.17, 15) is 14.4 Å². The van der Waals surface area contributed by atoms with Gasteiger partial charge in [0.15, 0.2) is 5.65 Å². The average molecular weight is 430 g/mol. The molecule has 0 unspecified atom stereocenters.